The van der Waals surface area contributed by atoms with Crippen LogP contribution >= 0.6 is 15.9 Å². The van der Waals surface area contributed by atoms with Crippen molar-refractivity contribution in [3.63, 3.8) is 0 Å². The summed E-state index contributed by atoms with van der Waals surface area (Å²) in [5.74, 6) is -0.510. The van der Waals surface area contributed by atoms with Crippen molar-refractivity contribution in [1.82, 2.24) is 4.57 Å². The molecule has 1 aromatic carbocycles. The highest BCUT2D eigenvalue weighted by Gasteiger charge is 2.10. The highest BCUT2D eigenvalue weighted by molar-refractivity contribution is 9.10. The van der Waals surface area contributed by atoms with Crippen LogP contribution in [0.15, 0.2) is 34.9 Å². The van der Waals surface area contributed by atoms with Crippen molar-refractivity contribution >= 4 is 44.8 Å². The Morgan fingerprint density at radius 3 is 2.74 bits per heavy atom. The molecule has 19 heavy (non-hydrogen) atoms. The van der Waals surface area contributed by atoms with Crippen molar-refractivity contribution in [2.75, 3.05) is 7.11 Å². The van der Waals surface area contributed by atoms with Gasteiger partial charge in [-0.1, -0.05) is 15.9 Å². The molecule has 2 aromatic rings. The molecule has 0 aliphatic carbocycles. The first kappa shape index (κ1) is 13.5. The molecule has 0 bridgehead atoms. The van der Waals surface area contributed by atoms with E-state index in [0.717, 1.165) is 20.9 Å². The van der Waals surface area contributed by atoms with Gasteiger partial charge in [0.25, 0.3) is 0 Å². The average molecular weight is 322 g/mol. The SMILES string of the molecule is COC(=O)/C=C/c1cn(C(C)=O)c2ccc(Br)cc12. The summed E-state index contributed by atoms with van der Waals surface area (Å²) in [4.78, 5) is 22.7. The standard InChI is InChI=1S/C14H12BrNO3/c1-9(17)16-8-10(3-6-14(18)19-2)12-7-11(15)4-5-13(12)16/h3-8H,1-2H3/b6-3+. The molecule has 0 fully saturated rings. The Kier molecular flexibility index (Phi) is 3.85. The van der Waals surface area contributed by atoms with Gasteiger partial charge in [-0.3, -0.25) is 9.36 Å². The number of carbonyl (C=O) groups is 2. The smallest absolute Gasteiger partial charge is 0.330 e. The van der Waals surface area contributed by atoms with E-state index in [4.69, 9.17) is 0 Å². The number of hydrogen-bond donors (Lipinski definition) is 0. The van der Waals surface area contributed by atoms with Gasteiger partial charge in [0, 0.05) is 34.6 Å². The molecule has 0 aliphatic rings. The van der Waals surface area contributed by atoms with Gasteiger partial charge in [0.1, 0.15) is 0 Å². The van der Waals surface area contributed by atoms with Crippen LogP contribution in [0, 0.1) is 0 Å². The lowest BCUT2D eigenvalue weighted by molar-refractivity contribution is -0.134. The van der Waals surface area contributed by atoms with Crippen molar-refractivity contribution in [2.45, 2.75) is 6.92 Å². The third-order valence-corrected chi connectivity index (χ3v) is 3.23. The number of fused-ring (bicyclic) bond motifs is 1. The number of hydrogen-bond acceptors (Lipinski definition) is 3. The summed E-state index contributed by atoms with van der Waals surface area (Å²) in [7, 11) is 1.32. The first-order valence-electron chi connectivity index (χ1n) is 5.60. The van der Waals surface area contributed by atoms with Crippen molar-refractivity contribution in [2.24, 2.45) is 0 Å². The molecule has 0 saturated heterocycles. The molecular weight excluding hydrogens is 310 g/mol. The van der Waals surface area contributed by atoms with E-state index in [9.17, 15) is 9.59 Å². The van der Waals surface area contributed by atoms with Gasteiger partial charge in [-0.25, -0.2) is 4.79 Å². The van der Waals surface area contributed by atoms with Gasteiger partial charge < -0.3 is 4.74 Å². The summed E-state index contributed by atoms with van der Waals surface area (Å²) in [6, 6.07) is 5.64. The molecule has 0 amide bonds. The van der Waals surface area contributed by atoms with Crippen LogP contribution < -0.4 is 0 Å². The Labute approximate surface area is 118 Å². The molecular formula is C14H12BrNO3. The Morgan fingerprint density at radius 2 is 2.11 bits per heavy atom. The van der Waals surface area contributed by atoms with E-state index < -0.39 is 5.97 Å². The zero-order chi connectivity index (χ0) is 14.0. The number of methoxy groups -OCH3 is 1. The average Bonchev–Trinajstić information content (AvgIpc) is 2.74. The van der Waals surface area contributed by atoms with Crippen LogP contribution in [0.1, 0.15) is 17.3 Å². The lowest BCUT2D eigenvalue weighted by atomic mass is 10.1. The number of ether oxygens (including phenoxy) is 1. The molecule has 0 N–H and O–H groups in total. The van der Waals surface area contributed by atoms with Gasteiger partial charge in [0.15, 0.2) is 0 Å². The van der Waals surface area contributed by atoms with Crippen molar-refractivity contribution in [3.8, 4) is 0 Å². The third kappa shape index (κ3) is 2.76. The Bertz CT molecular complexity index is 685. The van der Waals surface area contributed by atoms with E-state index in [1.54, 1.807) is 16.8 Å². The Balaban J connectivity index is 2.60. The van der Waals surface area contributed by atoms with Gasteiger partial charge in [0.05, 0.1) is 12.6 Å². The fraction of sp³-hybridized carbons (Fsp3) is 0.143. The highest BCUT2D eigenvalue weighted by atomic mass is 79.9. The third-order valence-electron chi connectivity index (χ3n) is 2.74. The fourth-order valence-electron chi connectivity index (χ4n) is 1.85. The highest BCUT2D eigenvalue weighted by Crippen LogP contribution is 2.26. The first-order chi connectivity index (χ1) is 9.02. The molecule has 0 radical (unpaired) electrons. The second-order valence-corrected chi connectivity index (χ2v) is 4.91. The van der Waals surface area contributed by atoms with E-state index in [0.29, 0.717) is 0 Å². The normalized spacial score (nSPS) is 11.1. The molecule has 2 rings (SSSR count). The second-order valence-electron chi connectivity index (χ2n) is 3.99. The summed E-state index contributed by atoms with van der Waals surface area (Å²) in [6.45, 7) is 1.50. The lowest BCUT2D eigenvalue weighted by Gasteiger charge is -1.98. The molecule has 0 spiro atoms. The Hall–Kier alpha value is -1.88. The molecule has 0 unspecified atom stereocenters. The molecule has 0 atom stereocenters. The van der Waals surface area contributed by atoms with Gasteiger partial charge in [-0.15, -0.1) is 0 Å². The predicted molar refractivity (Wildman–Crippen MR) is 77.0 cm³/mol. The minimum Gasteiger partial charge on any atom is -0.466 e. The van der Waals surface area contributed by atoms with E-state index in [-0.39, 0.29) is 5.91 Å². The molecule has 4 nitrogen and oxygen atoms in total. The van der Waals surface area contributed by atoms with E-state index in [1.807, 2.05) is 18.2 Å². The fourth-order valence-corrected chi connectivity index (χ4v) is 2.21. The van der Waals surface area contributed by atoms with Crippen LogP contribution in [0.25, 0.3) is 17.0 Å². The summed E-state index contributed by atoms with van der Waals surface area (Å²) >= 11 is 3.40. The Morgan fingerprint density at radius 1 is 1.37 bits per heavy atom. The summed E-state index contributed by atoms with van der Waals surface area (Å²) < 4.78 is 7.02. The summed E-state index contributed by atoms with van der Waals surface area (Å²) in [5.41, 5.74) is 1.59. The summed E-state index contributed by atoms with van der Waals surface area (Å²) in [6.07, 6.45) is 4.68. The first-order valence-corrected chi connectivity index (χ1v) is 6.40. The molecule has 5 heteroatoms. The number of rotatable bonds is 2. The largest absolute Gasteiger partial charge is 0.466 e. The van der Waals surface area contributed by atoms with Gasteiger partial charge >= 0.3 is 5.97 Å². The number of carbonyl (C=O) groups excluding carboxylic acids is 2. The van der Waals surface area contributed by atoms with Crippen LogP contribution in [0.4, 0.5) is 0 Å². The monoisotopic (exact) mass is 321 g/mol. The lowest BCUT2D eigenvalue weighted by Crippen LogP contribution is -2.02. The van der Waals surface area contributed by atoms with E-state index in [1.165, 1.54) is 20.1 Å². The zero-order valence-electron chi connectivity index (χ0n) is 10.5. The van der Waals surface area contributed by atoms with Crippen molar-refractivity contribution < 1.29 is 14.3 Å². The topological polar surface area (TPSA) is 48.3 Å². The zero-order valence-corrected chi connectivity index (χ0v) is 12.1. The maximum absolute atomic E-state index is 11.6. The van der Waals surface area contributed by atoms with Gasteiger partial charge in [-0.2, -0.15) is 0 Å². The number of esters is 1. The van der Waals surface area contributed by atoms with Gasteiger partial charge in [-0.05, 0) is 24.3 Å². The molecule has 98 valence electrons. The molecule has 1 aromatic heterocycles. The number of nitrogens with zero attached hydrogens (tertiary/aromatic N) is 1. The van der Waals surface area contributed by atoms with Crippen LogP contribution in [0.5, 0.6) is 0 Å². The molecule has 0 aliphatic heterocycles. The number of benzene rings is 1. The summed E-state index contributed by atoms with van der Waals surface area (Å²) in [5, 5.41) is 0.893. The minimum atomic E-state index is -0.432. The van der Waals surface area contributed by atoms with Crippen molar-refractivity contribution in [1.29, 1.82) is 0 Å². The minimum absolute atomic E-state index is 0.0787. The van der Waals surface area contributed by atoms with Crippen LogP contribution in [-0.4, -0.2) is 23.6 Å². The second kappa shape index (κ2) is 5.40. The quantitative estimate of drug-likeness (QED) is 0.630. The molecule has 0 saturated carbocycles. The molecule has 1 heterocycles. The van der Waals surface area contributed by atoms with E-state index >= 15 is 0 Å². The number of aromatic nitrogens is 1. The number of halogens is 1. The van der Waals surface area contributed by atoms with Crippen LogP contribution in [0.3, 0.4) is 0 Å². The predicted octanol–water partition coefficient (Wildman–Crippen LogP) is 3.25. The van der Waals surface area contributed by atoms with E-state index in [2.05, 4.69) is 20.7 Å². The van der Waals surface area contributed by atoms with Crippen molar-refractivity contribution in [3.05, 3.63) is 40.5 Å². The maximum atomic E-state index is 11.6. The van der Waals surface area contributed by atoms with Crippen LogP contribution in [0.2, 0.25) is 0 Å². The van der Waals surface area contributed by atoms with Gasteiger partial charge in [0.2, 0.25) is 5.91 Å². The van der Waals surface area contributed by atoms with Crippen LogP contribution in [-0.2, 0) is 9.53 Å². The maximum Gasteiger partial charge on any atom is 0.330 e.